The van der Waals surface area contributed by atoms with Crippen LogP contribution in [0, 0.1) is 13.8 Å². The molecule has 0 aliphatic carbocycles. The summed E-state index contributed by atoms with van der Waals surface area (Å²) in [6.07, 6.45) is 0.0885. The van der Waals surface area contributed by atoms with Crippen LogP contribution in [0.15, 0.2) is 17.0 Å². The molecule has 0 radical (unpaired) electrons. The van der Waals surface area contributed by atoms with Crippen molar-refractivity contribution in [3.63, 3.8) is 0 Å². The maximum Gasteiger partial charge on any atom is 0.307 e. The molecule has 1 N–H and O–H groups in total. The number of carboxylic acids is 1. The van der Waals surface area contributed by atoms with E-state index in [1.807, 2.05) is 19.9 Å². The highest BCUT2D eigenvalue weighted by Gasteiger charge is 2.11. The molecule has 1 aromatic carbocycles. The summed E-state index contributed by atoms with van der Waals surface area (Å²) in [5.74, 6) is -0.786. The first kappa shape index (κ1) is 15.1. The Morgan fingerprint density at radius 2 is 2.06 bits per heavy atom. The fourth-order valence-electron chi connectivity index (χ4n) is 1.82. The van der Waals surface area contributed by atoms with Gasteiger partial charge < -0.3 is 9.84 Å². The molecule has 0 saturated carbocycles. The number of hydrogen-bond acceptors (Lipinski definition) is 3. The van der Waals surface area contributed by atoms with Crippen molar-refractivity contribution in [1.82, 2.24) is 0 Å². The van der Waals surface area contributed by atoms with Crippen LogP contribution >= 0.6 is 11.8 Å². The summed E-state index contributed by atoms with van der Waals surface area (Å²) in [6.45, 7) is 6.81. The number of aliphatic carboxylic acids is 1. The van der Waals surface area contributed by atoms with Gasteiger partial charge in [0.1, 0.15) is 0 Å². The van der Waals surface area contributed by atoms with Crippen LogP contribution in [0.3, 0.4) is 0 Å². The minimum absolute atomic E-state index is 0.0885. The van der Waals surface area contributed by atoms with Gasteiger partial charge in [0.15, 0.2) is 0 Å². The van der Waals surface area contributed by atoms with Gasteiger partial charge in [-0.25, -0.2) is 0 Å². The molecule has 18 heavy (non-hydrogen) atoms. The topological polar surface area (TPSA) is 46.5 Å². The molecule has 0 amide bonds. The number of hydrogen-bond donors (Lipinski definition) is 1. The van der Waals surface area contributed by atoms with Crippen LogP contribution in [-0.4, -0.2) is 30.0 Å². The van der Waals surface area contributed by atoms with E-state index in [1.165, 1.54) is 4.90 Å². The first-order valence-corrected chi connectivity index (χ1v) is 6.79. The Hall–Kier alpha value is -1.00. The maximum atomic E-state index is 10.8. The minimum atomic E-state index is -0.786. The van der Waals surface area contributed by atoms with Crippen molar-refractivity contribution in [2.45, 2.75) is 37.3 Å². The number of thioether (sulfide) groups is 1. The lowest BCUT2D eigenvalue weighted by Gasteiger charge is -2.14. The number of carboxylic acid groups (broad SMARTS) is 1. The zero-order chi connectivity index (χ0) is 13.7. The Morgan fingerprint density at radius 3 is 2.61 bits per heavy atom. The molecule has 0 saturated heterocycles. The predicted octanol–water partition coefficient (Wildman–Crippen LogP) is 3.06. The second-order valence-corrected chi connectivity index (χ2v) is 5.98. The summed E-state index contributed by atoms with van der Waals surface area (Å²) in [7, 11) is 1.70. The molecule has 1 unspecified atom stereocenters. The highest BCUT2D eigenvalue weighted by atomic mass is 32.2. The second-order valence-electron chi connectivity index (χ2n) is 4.50. The summed E-state index contributed by atoms with van der Waals surface area (Å²) >= 11 is 1.76. The van der Waals surface area contributed by atoms with E-state index < -0.39 is 5.97 Å². The number of carbonyl (C=O) groups is 1. The van der Waals surface area contributed by atoms with Crippen molar-refractivity contribution in [3.8, 4) is 0 Å². The molecule has 3 nitrogen and oxygen atoms in total. The number of rotatable bonds is 6. The molecule has 4 heteroatoms. The lowest BCUT2D eigenvalue weighted by Crippen LogP contribution is -2.06. The molecule has 0 spiro atoms. The first-order chi connectivity index (χ1) is 8.43. The fourth-order valence-corrected chi connectivity index (χ4v) is 2.94. The van der Waals surface area contributed by atoms with E-state index in [9.17, 15) is 4.79 Å². The lowest BCUT2D eigenvalue weighted by atomic mass is 10.0. The standard InChI is InChI=1S/C14H20O3S/c1-9-6-13(18-11(3)8-17-4)10(2)5-12(9)7-14(15)16/h5-6,11H,7-8H2,1-4H3,(H,15,16). The van der Waals surface area contributed by atoms with Gasteiger partial charge in [-0.3, -0.25) is 4.79 Å². The smallest absolute Gasteiger partial charge is 0.307 e. The second kappa shape index (κ2) is 6.81. The van der Waals surface area contributed by atoms with E-state index in [4.69, 9.17) is 9.84 Å². The molecule has 0 aliphatic rings. The zero-order valence-electron chi connectivity index (χ0n) is 11.3. The Kier molecular flexibility index (Phi) is 5.69. The highest BCUT2D eigenvalue weighted by Crippen LogP contribution is 2.29. The Balaban J connectivity index is 2.89. The molecular weight excluding hydrogens is 248 g/mol. The average molecular weight is 268 g/mol. The molecular formula is C14H20O3S. The minimum Gasteiger partial charge on any atom is -0.481 e. The van der Waals surface area contributed by atoms with Crippen LogP contribution < -0.4 is 0 Å². The molecule has 0 fully saturated rings. The Labute approximate surface area is 113 Å². The SMILES string of the molecule is COCC(C)Sc1cc(C)c(CC(=O)O)cc1C. The molecule has 0 aromatic heterocycles. The van der Waals surface area contributed by atoms with Gasteiger partial charge in [0, 0.05) is 17.3 Å². The van der Waals surface area contributed by atoms with Gasteiger partial charge in [0.05, 0.1) is 13.0 Å². The number of methoxy groups -OCH3 is 1. The average Bonchev–Trinajstić information content (AvgIpc) is 2.25. The summed E-state index contributed by atoms with van der Waals surface area (Å²) in [5, 5.41) is 9.23. The predicted molar refractivity (Wildman–Crippen MR) is 74.5 cm³/mol. The van der Waals surface area contributed by atoms with Crippen LogP contribution in [0.1, 0.15) is 23.6 Å². The van der Waals surface area contributed by atoms with Crippen LogP contribution in [0.2, 0.25) is 0 Å². The fraction of sp³-hybridized carbons (Fsp3) is 0.500. The molecule has 1 aromatic rings. The summed E-state index contributed by atoms with van der Waals surface area (Å²) in [6, 6.07) is 4.05. The third-order valence-electron chi connectivity index (χ3n) is 2.70. The monoisotopic (exact) mass is 268 g/mol. The molecule has 0 aliphatic heterocycles. The summed E-state index contributed by atoms with van der Waals surface area (Å²) < 4.78 is 5.12. The van der Waals surface area contributed by atoms with Crippen molar-refractivity contribution in [3.05, 3.63) is 28.8 Å². The quantitative estimate of drug-likeness (QED) is 0.805. The van der Waals surface area contributed by atoms with Crippen molar-refractivity contribution >= 4 is 17.7 Å². The summed E-state index contributed by atoms with van der Waals surface area (Å²) in [5.41, 5.74) is 3.06. The highest BCUT2D eigenvalue weighted by molar-refractivity contribution is 8.00. The number of ether oxygens (including phenoxy) is 1. The zero-order valence-corrected chi connectivity index (χ0v) is 12.1. The van der Waals surface area contributed by atoms with Gasteiger partial charge in [-0.15, -0.1) is 11.8 Å². The largest absolute Gasteiger partial charge is 0.481 e. The molecule has 100 valence electrons. The van der Waals surface area contributed by atoms with E-state index in [-0.39, 0.29) is 6.42 Å². The maximum absolute atomic E-state index is 10.8. The molecule has 1 rings (SSSR count). The van der Waals surface area contributed by atoms with Gasteiger partial charge in [-0.05, 0) is 36.6 Å². The van der Waals surface area contributed by atoms with Gasteiger partial charge in [0.25, 0.3) is 0 Å². The first-order valence-electron chi connectivity index (χ1n) is 5.91. The van der Waals surface area contributed by atoms with Crippen LogP contribution in [0.5, 0.6) is 0 Å². The van der Waals surface area contributed by atoms with Gasteiger partial charge in [-0.1, -0.05) is 13.0 Å². The molecule has 0 heterocycles. The molecule has 0 bridgehead atoms. The Bertz CT molecular complexity index is 429. The van der Waals surface area contributed by atoms with Crippen molar-refractivity contribution in [1.29, 1.82) is 0 Å². The Morgan fingerprint density at radius 1 is 1.39 bits per heavy atom. The van der Waals surface area contributed by atoms with Crippen molar-refractivity contribution < 1.29 is 14.6 Å². The molecule has 1 atom stereocenters. The van der Waals surface area contributed by atoms with E-state index in [2.05, 4.69) is 13.0 Å². The van der Waals surface area contributed by atoms with Crippen molar-refractivity contribution in [2.24, 2.45) is 0 Å². The van der Waals surface area contributed by atoms with Gasteiger partial charge in [0.2, 0.25) is 0 Å². The van der Waals surface area contributed by atoms with E-state index in [0.717, 1.165) is 16.7 Å². The van der Waals surface area contributed by atoms with Gasteiger partial charge in [-0.2, -0.15) is 0 Å². The summed E-state index contributed by atoms with van der Waals surface area (Å²) in [4.78, 5) is 12.0. The van der Waals surface area contributed by atoms with Gasteiger partial charge >= 0.3 is 5.97 Å². The van der Waals surface area contributed by atoms with E-state index in [0.29, 0.717) is 11.9 Å². The number of aryl methyl sites for hydroxylation is 2. The van der Waals surface area contributed by atoms with Crippen LogP contribution in [-0.2, 0) is 16.0 Å². The lowest BCUT2D eigenvalue weighted by molar-refractivity contribution is -0.136. The van der Waals surface area contributed by atoms with Crippen LogP contribution in [0.4, 0.5) is 0 Å². The van der Waals surface area contributed by atoms with Crippen molar-refractivity contribution in [2.75, 3.05) is 13.7 Å². The van der Waals surface area contributed by atoms with E-state index >= 15 is 0 Å². The van der Waals surface area contributed by atoms with Crippen LogP contribution in [0.25, 0.3) is 0 Å². The third kappa shape index (κ3) is 4.35. The third-order valence-corrected chi connectivity index (χ3v) is 3.94. The number of benzene rings is 1. The van der Waals surface area contributed by atoms with E-state index in [1.54, 1.807) is 18.9 Å². The normalized spacial score (nSPS) is 12.4.